The SMILES string of the molecule is O=C(O)CCc1nnc2c3ccnn3ccn12. The van der Waals surface area contributed by atoms with Crippen LogP contribution in [0.1, 0.15) is 12.2 Å². The lowest BCUT2D eigenvalue weighted by molar-refractivity contribution is -0.137. The summed E-state index contributed by atoms with van der Waals surface area (Å²) in [6.45, 7) is 0. The summed E-state index contributed by atoms with van der Waals surface area (Å²) in [5.41, 5.74) is 1.53. The van der Waals surface area contributed by atoms with Crippen LogP contribution in [0.4, 0.5) is 0 Å². The molecule has 0 aliphatic rings. The van der Waals surface area contributed by atoms with E-state index in [1.165, 1.54) is 0 Å². The maximum Gasteiger partial charge on any atom is 0.303 e. The van der Waals surface area contributed by atoms with Gasteiger partial charge in [0.2, 0.25) is 0 Å². The summed E-state index contributed by atoms with van der Waals surface area (Å²) in [5.74, 6) is -0.196. The predicted octanol–water partition coefficient (Wildman–Crippen LogP) is 0.394. The zero-order valence-electron chi connectivity index (χ0n) is 8.82. The van der Waals surface area contributed by atoms with Gasteiger partial charge >= 0.3 is 5.97 Å². The minimum Gasteiger partial charge on any atom is -0.481 e. The number of aliphatic carboxylic acids is 1. The number of fused-ring (bicyclic) bond motifs is 3. The summed E-state index contributed by atoms with van der Waals surface area (Å²) in [6.07, 6.45) is 5.66. The maximum atomic E-state index is 10.5. The molecule has 0 spiro atoms. The highest BCUT2D eigenvalue weighted by Crippen LogP contribution is 2.11. The lowest BCUT2D eigenvalue weighted by atomic mass is 10.3. The van der Waals surface area contributed by atoms with Crippen molar-refractivity contribution >= 4 is 17.1 Å². The van der Waals surface area contributed by atoms with Crippen LogP contribution >= 0.6 is 0 Å². The van der Waals surface area contributed by atoms with Gasteiger partial charge in [0.1, 0.15) is 11.3 Å². The number of aryl methyl sites for hydroxylation is 1. The van der Waals surface area contributed by atoms with E-state index in [9.17, 15) is 4.79 Å². The van der Waals surface area contributed by atoms with Crippen LogP contribution in [0.2, 0.25) is 0 Å². The first kappa shape index (κ1) is 9.76. The molecular formula is C10H9N5O2. The Kier molecular flexibility index (Phi) is 2.04. The molecule has 0 unspecified atom stereocenters. The van der Waals surface area contributed by atoms with Crippen molar-refractivity contribution in [2.24, 2.45) is 0 Å². The number of rotatable bonds is 3. The maximum absolute atomic E-state index is 10.5. The fourth-order valence-electron chi connectivity index (χ4n) is 1.78. The van der Waals surface area contributed by atoms with Crippen LogP contribution in [-0.2, 0) is 11.2 Å². The zero-order valence-corrected chi connectivity index (χ0v) is 8.82. The van der Waals surface area contributed by atoms with Gasteiger partial charge in [0, 0.05) is 18.8 Å². The fourth-order valence-corrected chi connectivity index (χ4v) is 1.78. The van der Waals surface area contributed by atoms with Crippen molar-refractivity contribution in [1.82, 2.24) is 24.2 Å². The zero-order chi connectivity index (χ0) is 11.8. The molecule has 7 nitrogen and oxygen atoms in total. The number of hydrogen-bond acceptors (Lipinski definition) is 4. The number of carbonyl (C=O) groups is 1. The molecule has 86 valence electrons. The molecule has 0 saturated carbocycles. The van der Waals surface area contributed by atoms with Gasteiger partial charge in [-0.2, -0.15) is 5.10 Å². The van der Waals surface area contributed by atoms with Gasteiger partial charge in [0.15, 0.2) is 5.65 Å². The van der Waals surface area contributed by atoms with E-state index in [1.54, 1.807) is 27.5 Å². The summed E-state index contributed by atoms with van der Waals surface area (Å²) in [5, 5.41) is 20.8. The highest BCUT2D eigenvalue weighted by molar-refractivity contribution is 5.70. The van der Waals surface area contributed by atoms with Gasteiger partial charge in [-0.15, -0.1) is 10.2 Å². The molecule has 0 amide bonds. The summed E-state index contributed by atoms with van der Waals surface area (Å²) in [7, 11) is 0. The molecule has 0 atom stereocenters. The van der Waals surface area contributed by atoms with E-state index in [0.29, 0.717) is 17.9 Å². The number of aromatic nitrogens is 5. The highest BCUT2D eigenvalue weighted by Gasteiger charge is 2.10. The normalized spacial score (nSPS) is 11.3. The Hall–Kier alpha value is -2.44. The van der Waals surface area contributed by atoms with Crippen molar-refractivity contribution in [3.05, 3.63) is 30.5 Å². The van der Waals surface area contributed by atoms with E-state index in [-0.39, 0.29) is 6.42 Å². The van der Waals surface area contributed by atoms with E-state index in [1.807, 2.05) is 6.07 Å². The Morgan fingerprint density at radius 1 is 1.35 bits per heavy atom. The van der Waals surface area contributed by atoms with E-state index >= 15 is 0 Å². The molecule has 3 aromatic heterocycles. The van der Waals surface area contributed by atoms with E-state index in [2.05, 4.69) is 15.3 Å². The van der Waals surface area contributed by atoms with Crippen molar-refractivity contribution in [2.75, 3.05) is 0 Å². The van der Waals surface area contributed by atoms with Crippen LogP contribution in [0.3, 0.4) is 0 Å². The molecule has 17 heavy (non-hydrogen) atoms. The molecule has 0 aromatic carbocycles. The van der Waals surface area contributed by atoms with Gasteiger partial charge in [-0.1, -0.05) is 0 Å². The van der Waals surface area contributed by atoms with E-state index in [4.69, 9.17) is 5.11 Å². The van der Waals surface area contributed by atoms with Crippen molar-refractivity contribution < 1.29 is 9.90 Å². The van der Waals surface area contributed by atoms with Gasteiger partial charge in [0.05, 0.1) is 12.6 Å². The Balaban J connectivity index is 2.12. The van der Waals surface area contributed by atoms with Crippen molar-refractivity contribution in [3.63, 3.8) is 0 Å². The average molecular weight is 231 g/mol. The monoisotopic (exact) mass is 231 g/mol. The second kappa shape index (κ2) is 3.55. The largest absolute Gasteiger partial charge is 0.481 e. The molecule has 0 aliphatic heterocycles. The number of hydrogen-bond donors (Lipinski definition) is 1. The average Bonchev–Trinajstić information content (AvgIpc) is 2.91. The Labute approximate surface area is 95.3 Å². The second-order valence-electron chi connectivity index (χ2n) is 3.66. The van der Waals surface area contributed by atoms with Crippen LogP contribution < -0.4 is 0 Å². The smallest absolute Gasteiger partial charge is 0.303 e. The van der Waals surface area contributed by atoms with Gasteiger partial charge in [-0.05, 0) is 6.07 Å². The van der Waals surface area contributed by atoms with Gasteiger partial charge < -0.3 is 5.11 Å². The van der Waals surface area contributed by atoms with Crippen LogP contribution in [0.15, 0.2) is 24.7 Å². The van der Waals surface area contributed by atoms with Gasteiger partial charge in [0.25, 0.3) is 0 Å². The summed E-state index contributed by atoms with van der Waals surface area (Å²) in [6, 6.07) is 1.84. The first-order chi connectivity index (χ1) is 8.25. The van der Waals surface area contributed by atoms with E-state index < -0.39 is 5.97 Å². The van der Waals surface area contributed by atoms with Gasteiger partial charge in [-0.25, -0.2) is 4.52 Å². The number of carboxylic acids is 1. The molecule has 0 radical (unpaired) electrons. The highest BCUT2D eigenvalue weighted by atomic mass is 16.4. The van der Waals surface area contributed by atoms with Crippen molar-refractivity contribution in [1.29, 1.82) is 0 Å². The molecule has 0 aliphatic carbocycles. The van der Waals surface area contributed by atoms with Crippen LogP contribution in [0.5, 0.6) is 0 Å². The molecule has 7 heteroatoms. The second-order valence-corrected chi connectivity index (χ2v) is 3.66. The standard InChI is InChI=1S/C10H9N5O2/c16-9(17)2-1-8-12-13-10-7-3-4-11-15(7)6-5-14(8)10/h3-6H,1-2H2,(H,16,17). The topological polar surface area (TPSA) is 84.8 Å². The molecule has 3 heterocycles. The fraction of sp³-hybridized carbons (Fsp3) is 0.200. The molecule has 3 aromatic rings. The van der Waals surface area contributed by atoms with Crippen molar-refractivity contribution in [2.45, 2.75) is 12.8 Å². The third-order valence-corrected chi connectivity index (χ3v) is 2.59. The van der Waals surface area contributed by atoms with Crippen LogP contribution in [0.25, 0.3) is 11.2 Å². The number of carboxylic acid groups (broad SMARTS) is 1. The Morgan fingerprint density at radius 3 is 3.06 bits per heavy atom. The minimum atomic E-state index is -0.841. The third-order valence-electron chi connectivity index (χ3n) is 2.59. The molecular weight excluding hydrogens is 222 g/mol. The quantitative estimate of drug-likeness (QED) is 0.705. The summed E-state index contributed by atoms with van der Waals surface area (Å²) >= 11 is 0. The Morgan fingerprint density at radius 2 is 2.24 bits per heavy atom. The molecule has 0 saturated heterocycles. The Bertz CT molecular complexity index is 699. The summed E-state index contributed by atoms with van der Waals surface area (Å²) in [4.78, 5) is 10.5. The minimum absolute atomic E-state index is 0.0469. The molecule has 3 rings (SSSR count). The van der Waals surface area contributed by atoms with Crippen LogP contribution in [0, 0.1) is 0 Å². The van der Waals surface area contributed by atoms with Gasteiger partial charge in [-0.3, -0.25) is 9.20 Å². The first-order valence-electron chi connectivity index (χ1n) is 5.13. The first-order valence-corrected chi connectivity index (χ1v) is 5.13. The van der Waals surface area contributed by atoms with Crippen molar-refractivity contribution in [3.8, 4) is 0 Å². The number of nitrogens with zero attached hydrogens (tertiary/aromatic N) is 5. The summed E-state index contributed by atoms with van der Waals surface area (Å²) < 4.78 is 3.49. The molecule has 0 bridgehead atoms. The molecule has 1 N–H and O–H groups in total. The lowest BCUT2D eigenvalue weighted by Gasteiger charge is -1.99. The lowest BCUT2D eigenvalue weighted by Crippen LogP contribution is -2.02. The molecule has 0 fully saturated rings. The van der Waals surface area contributed by atoms with E-state index in [0.717, 1.165) is 5.52 Å². The van der Waals surface area contributed by atoms with Crippen LogP contribution in [-0.4, -0.2) is 35.3 Å². The third kappa shape index (κ3) is 1.52. The predicted molar refractivity (Wildman–Crippen MR) is 57.7 cm³/mol.